The summed E-state index contributed by atoms with van der Waals surface area (Å²) in [5, 5.41) is 32.7. The molecule has 0 aliphatic heterocycles. The molecule has 2 bridgehead atoms. The summed E-state index contributed by atoms with van der Waals surface area (Å²) in [6.45, 7) is 8.25. The number of carbonyl (C=O) groups excluding carboxylic acids is 1. The molecule has 4 fully saturated rings. The summed E-state index contributed by atoms with van der Waals surface area (Å²) < 4.78 is 0. The minimum Gasteiger partial charge on any atom is -0.393 e. The zero-order valence-corrected chi connectivity index (χ0v) is 15.3. The average molecular weight is 336 g/mol. The third-order valence-electron chi connectivity index (χ3n) is 8.76. The van der Waals surface area contributed by atoms with Gasteiger partial charge in [-0.15, -0.1) is 0 Å². The van der Waals surface area contributed by atoms with Gasteiger partial charge in [0.1, 0.15) is 5.78 Å². The summed E-state index contributed by atoms with van der Waals surface area (Å²) in [5.74, 6) is 0.368. The molecule has 0 radical (unpaired) electrons. The van der Waals surface area contributed by atoms with Crippen molar-refractivity contribution in [3.8, 4) is 0 Å². The third-order valence-corrected chi connectivity index (χ3v) is 8.76. The second kappa shape index (κ2) is 4.83. The lowest BCUT2D eigenvalue weighted by Gasteiger charge is -2.66. The van der Waals surface area contributed by atoms with Gasteiger partial charge in [0.2, 0.25) is 0 Å². The molecular formula is C20H32O4. The van der Waals surface area contributed by atoms with Gasteiger partial charge in [-0.3, -0.25) is 4.79 Å². The Kier molecular flexibility index (Phi) is 3.42. The average Bonchev–Trinajstić information content (AvgIpc) is 2.64. The Bertz CT molecular complexity index is 572. The number of rotatable bonds is 0. The number of aliphatic hydroxyl groups excluding tert-OH is 3. The van der Waals surface area contributed by atoms with Crippen molar-refractivity contribution in [2.45, 2.75) is 78.1 Å². The third kappa shape index (κ3) is 1.78. The molecule has 4 saturated carbocycles. The first kappa shape index (κ1) is 17.0. The van der Waals surface area contributed by atoms with E-state index in [0.717, 1.165) is 12.8 Å². The normalized spacial score (nSPS) is 59.0. The highest BCUT2D eigenvalue weighted by Crippen LogP contribution is 2.71. The van der Waals surface area contributed by atoms with Gasteiger partial charge in [0.15, 0.2) is 0 Å². The van der Waals surface area contributed by atoms with Gasteiger partial charge in [-0.25, -0.2) is 0 Å². The highest BCUT2D eigenvalue weighted by molar-refractivity contribution is 5.90. The molecule has 0 saturated heterocycles. The molecule has 9 atom stereocenters. The van der Waals surface area contributed by atoms with E-state index in [1.807, 2.05) is 20.8 Å². The van der Waals surface area contributed by atoms with Crippen LogP contribution < -0.4 is 0 Å². The van der Waals surface area contributed by atoms with E-state index in [-0.39, 0.29) is 34.9 Å². The van der Waals surface area contributed by atoms with Crippen LogP contribution in [0.3, 0.4) is 0 Å². The van der Waals surface area contributed by atoms with Crippen LogP contribution in [0.2, 0.25) is 0 Å². The first-order valence-electron chi connectivity index (χ1n) is 9.64. The van der Waals surface area contributed by atoms with E-state index >= 15 is 0 Å². The van der Waals surface area contributed by atoms with Crippen molar-refractivity contribution in [2.75, 3.05) is 0 Å². The van der Waals surface area contributed by atoms with Crippen LogP contribution >= 0.6 is 0 Å². The minimum absolute atomic E-state index is 0.000749. The zero-order chi connectivity index (χ0) is 17.7. The molecule has 0 heterocycles. The summed E-state index contributed by atoms with van der Waals surface area (Å²) in [6.07, 6.45) is 1.96. The van der Waals surface area contributed by atoms with Crippen LogP contribution in [-0.2, 0) is 4.79 Å². The van der Waals surface area contributed by atoms with Crippen molar-refractivity contribution in [1.82, 2.24) is 0 Å². The summed E-state index contributed by atoms with van der Waals surface area (Å²) in [5.41, 5.74) is -1.26. The van der Waals surface area contributed by atoms with Crippen molar-refractivity contribution >= 4 is 5.78 Å². The zero-order valence-electron chi connectivity index (χ0n) is 15.3. The monoisotopic (exact) mass is 336 g/mol. The Balaban J connectivity index is 1.86. The van der Waals surface area contributed by atoms with Crippen molar-refractivity contribution in [2.24, 2.45) is 39.9 Å². The molecule has 0 aromatic carbocycles. The fraction of sp³-hybridized carbons (Fsp3) is 0.950. The first-order valence-corrected chi connectivity index (χ1v) is 9.64. The highest BCUT2D eigenvalue weighted by atomic mass is 16.3. The molecule has 0 aromatic rings. The maximum atomic E-state index is 13.2. The number of aliphatic hydroxyl groups is 3. The summed E-state index contributed by atoms with van der Waals surface area (Å²) >= 11 is 0. The van der Waals surface area contributed by atoms with E-state index in [1.54, 1.807) is 0 Å². The van der Waals surface area contributed by atoms with Crippen LogP contribution in [0.5, 0.6) is 0 Å². The van der Waals surface area contributed by atoms with Crippen molar-refractivity contribution in [3.05, 3.63) is 0 Å². The molecule has 0 aromatic heterocycles. The van der Waals surface area contributed by atoms with Gasteiger partial charge >= 0.3 is 0 Å². The number of Topliss-reactive ketones (excluding diaryl/α,β-unsaturated/α-hetero) is 1. The van der Waals surface area contributed by atoms with Gasteiger partial charge in [-0.1, -0.05) is 27.7 Å². The van der Waals surface area contributed by atoms with Crippen LogP contribution in [0, 0.1) is 39.9 Å². The van der Waals surface area contributed by atoms with Gasteiger partial charge in [0.25, 0.3) is 0 Å². The predicted molar refractivity (Wildman–Crippen MR) is 90.1 cm³/mol. The second-order valence-corrected chi connectivity index (χ2v) is 10.2. The van der Waals surface area contributed by atoms with Crippen molar-refractivity contribution in [1.29, 1.82) is 0 Å². The van der Waals surface area contributed by atoms with Crippen LogP contribution in [0.25, 0.3) is 0 Å². The summed E-state index contributed by atoms with van der Waals surface area (Å²) in [4.78, 5) is 13.2. The first-order chi connectivity index (χ1) is 11.1. The smallest absolute Gasteiger partial charge is 0.142 e. The topological polar surface area (TPSA) is 77.8 Å². The maximum absolute atomic E-state index is 13.2. The Morgan fingerprint density at radius 2 is 1.67 bits per heavy atom. The van der Waals surface area contributed by atoms with E-state index in [2.05, 4.69) is 6.92 Å². The van der Waals surface area contributed by atoms with Gasteiger partial charge in [0, 0.05) is 17.3 Å². The standard InChI is InChI=1S/C20H32O4/c1-10-11-7-12(21)16-19(4)6-5-14(23)18(2,3)15(19)13(22)9-20(16,8-11)17(10)24/h10-16,21-23H,5-9H2,1-4H3/t10-,11-,12+,13+,14-,15-,16+,19-,20+/m1/s1. The van der Waals surface area contributed by atoms with E-state index in [0.29, 0.717) is 19.3 Å². The van der Waals surface area contributed by atoms with Gasteiger partial charge in [-0.2, -0.15) is 0 Å². The summed E-state index contributed by atoms with van der Waals surface area (Å²) in [6, 6.07) is 0. The molecule has 4 nitrogen and oxygen atoms in total. The molecule has 4 aliphatic carbocycles. The van der Waals surface area contributed by atoms with Gasteiger partial charge < -0.3 is 15.3 Å². The predicted octanol–water partition coefficient (Wildman–Crippen LogP) is 2.15. The largest absolute Gasteiger partial charge is 0.393 e. The molecular weight excluding hydrogens is 304 g/mol. The molecule has 4 aliphatic rings. The van der Waals surface area contributed by atoms with Gasteiger partial charge in [-0.05, 0) is 54.8 Å². The van der Waals surface area contributed by atoms with Gasteiger partial charge in [0.05, 0.1) is 18.3 Å². The van der Waals surface area contributed by atoms with E-state index in [9.17, 15) is 20.1 Å². The maximum Gasteiger partial charge on any atom is 0.142 e. The lowest BCUT2D eigenvalue weighted by Crippen LogP contribution is -2.67. The highest BCUT2D eigenvalue weighted by Gasteiger charge is 2.72. The van der Waals surface area contributed by atoms with E-state index in [1.165, 1.54) is 0 Å². The molecule has 136 valence electrons. The van der Waals surface area contributed by atoms with Crippen LogP contribution in [-0.4, -0.2) is 39.4 Å². The Labute approximate surface area is 144 Å². The quantitative estimate of drug-likeness (QED) is 0.633. The number of hydrogen-bond donors (Lipinski definition) is 3. The fourth-order valence-corrected chi connectivity index (χ4v) is 7.98. The second-order valence-electron chi connectivity index (χ2n) is 10.2. The number of carbonyl (C=O) groups is 1. The molecule has 24 heavy (non-hydrogen) atoms. The molecule has 0 amide bonds. The van der Waals surface area contributed by atoms with Crippen molar-refractivity contribution < 1.29 is 20.1 Å². The van der Waals surface area contributed by atoms with E-state index in [4.69, 9.17) is 0 Å². The molecule has 3 N–H and O–H groups in total. The molecule has 4 heteroatoms. The van der Waals surface area contributed by atoms with Crippen LogP contribution in [0.15, 0.2) is 0 Å². The van der Waals surface area contributed by atoms with E-state index < -0.39 is 29.1 Å². The Morgan fingerprint density at radius 1 is 1.00 bits per heavy atom. The molecule has 1 spiro atoms. The molecule has 4 rings (SSSR count). The Hall–Kier alpha value is -0.450. The Morgan fingerprint density at radius 3 is 2.33 bits per heavy atom. The number of hydrogen-bond acceptors (Lipinski definition) is 4. The lowest BCUT2D eigenvalue weighted by atomic mass is 9.39. The lowest BCUT2D eigenvalue weighted by molar-refractivity contribution is -0.240. The SMILES string of the molecule is C[C@H]1C(=O)[C@]23C[C@H]1C[C@H](O)[C@H]2[C@]1(C)CC[C@@H](O)C(C)(C)[C@H]1[C@@H](O)C3. The minimum atomic E-state index is -0.587. The number of fused-ring (bicyclic) bond motifs is 3. The van der Waals surface area contributed by atoms with Crippen LogP contribution in [0.4, 0.5) is 0 Å². The van der Waals surface area contributed by atoms with Crippen LogP contribution in [0.1, 0.15) is 59.8 Å². The van der Waals surface area contributed by atoms with Crippen molar-refractivity contribution in [3.63, 3.8) is 0 Å². The fourth-order valence-electron chi connectivity index (χ4n) is 7.98. The molecule has 0 unspecified atom stereocenters. The number of ketones is 1. The summed E-state index contributed by atoms with van der Waals surface area (Å²) in [7, 11) is 0.